The van der Waals surface area contributed by atoms with Crippen LogP contribution in [-0.2, 0) is 4.74 Å². The summed E-state index contributed by atoms with van der Waals surface area (Å²) in [5, 5.41) is 3.62. The van der Waals surface area contributed by atoms with Crippen LogP contribution in [0.4, 0.5) is 0 Å². The van der Waals surface area contributed by atoms with Gasteiger partial charge in [-0.15, -0.1) is 0 Å². The molecule has 0 bridgehead atoms. The van der Waals surface area contributed by atoms with E-state index in [1.165, 1.54) is 32.1 Å². The van der Waals surface area contributed by atoms with Gasteiger partial charge in [-0.25, -0.2) is 0 Å². The lowest BCUT2D eigenvalue weighted by atomic mass is 9.95. The van der Waals surface area contributed by atoms with Crippen molar-refractivity contribution in [3.8, 4) is 0 Å². The van der Waals surface area contributed by atoms with E-state index in [0.29, 0.717) is 12.1 Å². The molecule has 2 atom stereocenters. The second kappa shape index (κ2) is 7.24. The molecule has 2 nitrogen and oxygen atoms in total. The molecule has 1 aliphatic rings. The van der Waals surface area contributed by atoms with Gasteiger partial charge in [0.1, 0.15) is 0 Å². The van der Waals surface area contributed by atoms with Crippen molar-refractivity contribution in [1.29, 1.82) is 0 Å². The second-order valence-electron chi connectivity index (χ2n) is 4.94. The maximum Gasteiger partial charge on any atom is 0.0519 e. The zero-order chi connectivity index (χ0) is 11.1. The van der Waals surface area contributed by atoms with E-state index in [2.05, 4.69) is 26.1 Å². The lowest BCUT2D eigenvalue weighted by molar-refractivity contribution is 0.0389. The molecule has 90 valence electrons. The minimum atomic E-state index is 0.371. The van der Waals surface area contributed by atoms with Crippen molar-refractivity contribution in [3.05, 3.63) is 0 Å². The molecule has 1 aliphatic carbocycles. The van der Waals surface area contributed by atoms with E-state index < -0.39 is 0 Å². The van der Waals surface area contributed by atoms with E-state index in [1.807, 2.05) is 0 Å². The van der Waals surface area contributed by atoms with E-state index >= 15 is 0 Å². The van der Waals surface area contributed by atoms with Crippen LogP contribution in [0.25, 0.3) is 0 Å². The van der Waals surface area contributed by atoms with Crippen LogP contribution >= 0.6 is 0 Å². The van der Waals surface area contributed by atoms with Crippen molar-refractivity contribution in [2.75, 3.05) is 13.2 Å². The summed E-state index contributed by atoms with van der Waals surface area (Å²) < 4.78 is 5.77. The van der Waals surface area contributed by atoms with E-state index in [1.54, 1.807) is 0 Å². The summed E-state index contributed by atoms with van der Waals surface area (Å²) in [6, 6.07) is 0.691. The first-order valence-electron chi connectivity index (χ1n) is 6.59. The Balaban J connectivity index is 2.39. The summed E-state index contributed by atoms with van der Waals surface area (Å²) in [5.74, 6) is 0.731. The summed E-state index contributed by atoms with van der Waals surface area (Å²) in [6.07, 6.45) is 7.21. The Kier molecular flexibility index (Phi) is 6.26. The molecule has 0 radical (unpaired) electrons. The lowest BCUT2D eigenvalue weighted by Crippen LogP contribution is -2.38. The van der Waals surface area contributed by atoms with Crippen LogP contribution in [0, 0.1) is 5.92 Å². The maximum absolute atomic E-state index is 5.77. The van der Waals surface area contributed by atoms with E-state index in [9.17, 15) is 0 Å². The van der Waals surface area contributed by atoms with E-state index in [0.717, 1.165) is 19.1 Å². The smallest absolute Gasteiger partial charge is 0.0519 e. The third-order valence-corrected chi connectivity index (χ3v) is 3.27. The Morgan fingerprint density at radius 2 is 1.93 bits per heavy atom. The molecule has 2 unspecified atom stereocenters. The zero-order valence-corrected chi connectivity index (χ0v) is 10.6. The largest absolute Gasteiger partial charge is 0.378 e. The minimum Gasteiger partial charge on any atom is -0.378 e. The van der Waals surface area contributed by atoms with Gasteiger partial charge < -0.3 is 10.1 Å². The Morgan fingerprint density at radius 1 is 1.20 bits per heavy atom. The highest BCUT2D eigenvalue weighted by Gasteiger charge is 2.23. The van der Waals surface area contributed by atoms with Crippen molar-refractivity contribution in [2.45, 2.75) is 65.0 Å². The van der Waals surface area contributed by atoms with Gasteiger partial charge in [-0.1, -0.05) is 26.2 Å². The number of nitrogens with one attached hydrogen (secondary N) is 1. The molecule has 0 amide bonds. The molecule has 0 heterocycles. The van der Waals surface area contributed by atoms with E-state index in [4.69, 9.17) is 4.74 Å². The van der Waals surface area contributed by atoms with Gasteiger partial charge in [0.2, 0.25) is 0 Å². The second-order valence-corrected chi connectivity index (χ2v) is 4.94. The van der Waals surface area contributed by atoms with Crippen LogP contribution in [0.5, 0.6) is 0 Å². The van der Waals surface area contributed by atoms with Gasteiger partial charge in [0.05, 0.1) is 12.7 Å². The number of rotatable bonds is 5. The highest BCUT2D eigenvalue weighted by molar-refractivity contribution is 4.79. The molecular formula is C13H27NO. The summed E-state index contributed by atoms with van der Waals surface area (Å²) in [4.78, 5) is 0. The summed E-state index contributed by atoms with van der Waals surface area (Å²) >= 11 is 0. The average Bonchev–Trinajstić information content (AvgIpc) is 2.41. The fourth-order valence-electron chi connectivity index (χ4n) is 2.43. The zero-order valence-electron chi connectivity index (χ0n) is 10.6. The number of ether oxygens (including phenoxy) is 1. The Hall–Kier alpha value is -0.0800. The number of hydrogen-bond donors (Lipinski definition) is 1. The van der Waals surface area contributed by atoms with Crippen molar-refractivity contribution >= 4 is 0 Å². The van der Waals surface area contributed by atoms with Crippen LogP contribution in [0.1, 0.15) is 52.9 Å². The average molecular weight is 213 g/mol. The van der Waals surface area contributed by atoms with Crippen LogP contribution in [0.3, 0.4) is 0 Å². The monoisotopic (exact) mass is 213 g/mol. The Bertz CT molecular complexity index is 159. The molecule has 0 aromatic rings. The highest BCUT2D eigenvalue weighted by Crippen LogP contribution is 2.24. The Labute approximate surface area is 94.8 Å². The summed E-state index contributed by atoms with van der Waals surface area (Å²) in [7, 11) is 0. The SMILES string of the molecule is CCNC1CCCCCC1COC(C)C. The van der Waals surface area contributed by atoms with Gasteiger partial charge in [-0.2, -0.15) is 0 Å². The molecule has 0 aromatic heterocycles. The first-order valence-corrected chi connectivity index (χ1v) is 6.59. The van der Waals surface area contributed by atoms with Crippen LogP contribution in [0.2, 0.25) is 0 Å². The van der Waals surface area contributed by atoms with Gasteiger partial charge in [0.25, 0.3) is 0 Å². The fraction of sp³-hybridized carbons (Fsp3) is 1.00. The first kappa shape index (κ1) is 13.0. The van der Waals surface area contributed by atoms with Crippen molar-refractivity contribution < 1.29 is 4.74 Å². The summed E-state index contributed by atoms with van der Waals surface area (Å²) in [6.45, 7) is 8.47. The van der Waals surface area contributed by atoms with E-state index in [-0.39, 0.29) is 0 Å². The molecule has 0 spiro atoms. The predicted octanol–water partition coefficient (Wildman–Crippen LogP) is 2.97. The normalized spacial score (nSPS) is 28.0. The molecule has 2 heteroatoms. The third kappa shape index (κ3) is 4.98. The molecule has 1 fully saturated rings. The van der Waals surface area contributed by atoms with Crippen LogP contribution < -0.4 is 5.32 Å². The van der Waals surface area contributed by atoms with Gasteiger partial charge >= 0.3 is 0 Å². The lowest BCUT2D eigenvalue weighted by Gasteiger charge is -2.26. The fourth-order valence-corrected chi connectivity index (χ4v) is 2.43. The Morgan fingerprint density at radius 3 is 2.60 bits per heavy atom. The molecule has 0 aliphatic heterocycles. The maximum atomic E-state index is 5.77. The topological polar surface area (TPSA) is 21.3 Å². The van der Waals surface area contributed by atoms with Crippen molar-refractivity contribution in [1.82, 2.24) is 5.32 Å². The highest BCUT2D eigenvalue weighted by atomic mass is 16.5. The van der Waals surface area contributed by atoms with Gasteiger partial charge in [0, 0.05) is 6.04 Å². The van der Waals surface area contributed by atoms with Gasteiger partial charge in [-0.3, -0.25) is 0 Å². The first-order chi connectivity index (χ1) is 7.24. The molecule has 1 N–H and O–H groups in total. The van der Waals surface area contributed by atoms with Crippen molar-refractivity contribution in [2.24, 2.45) is 5.92 Å². The molecule has 15 heavy (non-hydrogen) atoms. The molecule has 0 saturated heterocycles. The van der Waals surface area contributed by atoms with Crippen LogP contribution in [0.15, 0.2) is 0 Å². The standard InChI is InChI=1S/C13H27NO/c1-4-14-13-9-7-5-6-8-12(13)10-15-11(2)3/h11-14H,4-10H2,1-3H3. The van der Waals surface area contributed by atoms with Gasteiger partial charge in [0.15, 0.2) is 0 Å². The van der Waals surface area contributed by atoms with Gasteiger partial charge in [-0.05, 0) is 39.2 Å². The molecule has 1 rings (SSSR count). The predicted molar refractivity (Wildman–Crippen MR) is 65.1 cm³/mol. The molecule has 1 saturated carbocycles. The third-order valence-electron chi connectivity index (χ3n) is 3.27. The quantitative estimate of drug-likeness (QED) is 0.709. The molecule has 0 aromatic carbocycles. The number of hydrogen-bond acceptors (Lipinski definition) is 2. The molecular weight excluding hydrogens is 186 g/mol. The van der Waals surface area contributed by atoms with Crippen molar-refractivity contribution in [3.63, 3.8) is 0 Å². The summed E-state index contributed by atoms with van der Waals surface area (Å²) in [5.41, 5.74) is 0. The minimum absolute atomic E-state index is 0.371. The van der Waals surface area contributed by atoms with Crippen LogP contribution in [-0.4, -0.2) is 25.3 Å².